The highest BCUT2D eigenvalue weighted by atomic mass is 32.1. The van der Waals surface area contributed by atoms with Gasteiger partial charge in [-0.05, 0) is 61.4 Å². The molecule has 0 spiro atoms. The largest absolute Gasteiger partial charge is 0.349 e. The van der Waals surface area contributed by atoms with Crippen LogP contribution in [0.25, 0.3) is 0 Å². The zero-order valence-electron chi connectivity index (χ0n) is 19.2. The van der Waals surface area contributed by atoms with E-state index >= 15 is 0 Å². The van der Waals surface area contributed by atoms with Crippen LogP contribution in [0.4, 0.5) is 0 Å². The van der Waals surface area contributed by atoms with E-state index in [1.54, 1.807) is 11.3 Å². The van der Waals surface area contributed by atoms with E-state index in [0.717, 1.165) is 63.4 Å². The first-order valence-electron chi connectivity index (χ1n) is 12.0. The molecule has 1 amide bonds. The Kier molecular flexibility index (Phi) is 7.43. The van der Waals surface area contributed by atoms with Gasteiger partial charge in [-0.2, -0.15) is 11.3 Å². The monoisotopic (exact) mass is 443 g/mol. The van der Waals surface area contributed by atoms with Crippen LogP contribution in [0.3, 0.4) is 0 Å². The molecule has 31 heavy (non-hydrogen) atoms. The molecule has 0 radical (unpaired) electrons. The molecule has 2 aliphatic rings. The van der Waals surface area contributed by atoms with Crippen LogP contribution in [0.2, 0.25) is 0 Å². The third-order valence-electron chi connectivity index (χ3n) is 7.05. The van der Waals surface area contributed by atoms with Crippen molar-refractivity contribution in [1.29, 1.82) is 0 Å². The quantitative estimate of drug-likeness (QED) is 0.634. The van der Waals surface area contributed by atoms with Crippen LogP contribution in [-0.4, -0.2) is 45.2 Å². The average Bonchev–Trinajstić information content (AvgIpc) is 3.53. The maximum absolute atomic E-state index is 12.8. The molecule has 2 aromatic heterocycles. The standard InChI is InChI=1S/C24H37N5OS/c1-17(2)23-27-26-18(3)29(23)21-8-12-28(13-9-21)14-10-22(20-11-15-31-16-20)25-24(30)19-6-4-5-7-19/h11,15-17,19,21-22H,4-10,12-14H2,1-3H3,(H,25,30)/t22-/m0/s1. The molecule has 1 N–H and O–H groups in total. The minimum absolute atomic E-state index is 0.129. The summed E-state index contributed by atoms with van der Waals surface area (Å²) >= 11 is 1.71. The highest BCUT2D eigenvalue weighted by Crippen LogP contribution is 2.30. The van der Waals surface area contributed by atoms with Gasteiger partial charge in [0.25, 0.3) is 0 Å². The molecule has 2 aromatic rings. The summed E-state index contributed by atoms with van der Waals surface area (Å²) < 4.78 is 2.37. The Morgan fingerprint density at radius 2 is 1.94 bits per heavy atom. The van der Waals surface area contributed by atoms with E-state index in [2.05, 4.69) is 62.6 Å². The molecule has 1 saturated carbocycles. The third-order valence-corrected chi connectivity index (χ3v) is 7.75. The fourth-order valence-corrected chi connectivity index (χ4v) is 5.93. The average molecular weight is 444 g/mol. The lowest BCUT2D eigenvalue weighted by Gasteiger charge is -2.34. The van der Waals surface area contributed by atoms with E-state index < -0.39 is 0 Å². The van der Waals surface area contributed by atoms with Crippen molar-refractivity contribution in [3.05, 3.63) is 34.0 Å². The summed E-state index contributed by atoms with van der Waals surface area (Å²) in [4.78, 5) is 15.3. The topological polar surface area (TPSA) is 63.1 Å². The number of aromatic nitrogens is 3. The lowest BCUT2D eigenvalue weighted by atomic mass is 10.0. The maximum atomic E-state index is 12.8. The van der Waals surface area contributed by atoms with Gasteiger partial charge in [-0.1, -0.05) is 26.7 Å². The lowest BCUT2D eigenvalue weighted by Crippen LogP contribution is -2.39. The summed E-state index contributed by atoms with van der Waals surface area (Å²) in [7, 11) is 0. The lowest BCUT2D eigenvalue weighted by molar-refractivity contribution is -0.125. The number of amides is 1. The molecule has 0 aromatic carbocycles. The first kappa shape index (κ1) is 22.5. The molecule has 3 heterocycles. The second kappa shape index (κ2) is 10.3. The van der Waals surface area contributed by atoms with Gasteiger partial charge in [0.1, 0.15) is 11.6 Å². The van der Waals surface area contributed by atoms with Crippen molar-refractivity contribution in [2.24, 2.45) is 5.92 Å². The summed E-state index contributed by atoms with van der Waals surface area (Å²) in [6.07, 6.45) is 7.74. The van der Waals surface area contributed by atoms with Gasteiger partial charge in [-0.15, -0.1) is 10.2 Å². The molecule has 1 aliphatic heterocycles. The molecule has 1 aliphatic carbocycles. The molecule has 170 valence electrons. The number of piperidine rings is 1. The van der Waals surface area contributed by atoms with Gasteiger partial charge in [-0.25, -0.2) is 0 Å². The number of hydrogen-bond donors (Lipinski definition) is 1. The van der Waals surface area contributed by atoms with Crippen molar-refractivity contribution < 1.29 is 4.79 Å². The first-order chi connectivity index (χ1) is 15.0. The predicted molar refractivity (Wildman–Crippen MR) is 125 cm³/mol. The SMILES string of the molecule is Cc1nnc(C(C)C)n1C1CCN(CC[C@H](NC(=O)C2CCCC2)c2ccsc2)CC1. The van der Waals surface area contributed by atoms with E-state index in [1.807, 2.05) is 0 Å². The molecule has 4 rings (SSSR count). The Bertz CT molecular complexity index is 832. The molecule has 7 heteroatoms. The fraction of sp³-hybridized carbons (Fsp3) is 0.708. The number of hydrogen-bond acceptors (Lipinski definition) is 5. The van der Waals surface area contributed by atoms with Gasteiger partial charge in [0.15, 0.2) is 0 Å². The number of carbonyl (C=O) groups excluding carboxylic acids is 1. The van der Waals surface area contributed by atoms with E-state index in [9.17, 15) is 4.79 Å². The van der Waals surface area contributed by atoms with Gasteiger partial charge in [-0.3, -0.25) is 4.79 Å². The summed E-state index contributed by atoms with van der Waals surface area (Å²) in [5, 5.41) is 16.4. The fourth-order valence-electron chi connectivity index (χ4n) is 5.22. The number of rotatable bonds is 8. The van der Waals surface area contributed by atoms with E-state index in [1.165, 1.54) is 18.4 Å². The number of nitrogens with zero attached hydrogens (tertiary/aromatic N) is 4. The number of nitrogens with one attached hydrogen (secondary N) is 1. The van der Waals surface area contributed by atoms with E-state index in [4.69, 9.17) is 0 Å². The van der Waals surface area contributed by atoms with Gasteiger partial charge in [0.05, 0.1) is 6.04 Å². The van der Waals surface area contributed by atoms with E-state index in [-0.39, 0.29) is 17.9 Å². The van der Waals surface area contributed by atoms with Gasteiger partial charge in [0, 0.05) is 37.5 Å². The Balaban J connectivity index is 1.32. The second-order valence-electron chi connectivity index (χ2n) is 9.59. The maximum Gasteiger partial charge on any atom is 0.223 e. The molecule has 1 saturated heterocycles. The molecule has 6 nitrogen and oxygen atoms in total. The smallest absolute Gasteiger partial charge is 0.223 e. The number of carbonyl (C=O) groups is 1. The molecule has 2 fully saturated rings. The summed E-state index contributed by atoms with van der Waals surface area (Å²) in [6.45, 7) is 9.67. The van der Waals surface area contributed by atoms with Gasteiger partial charge >= 0.3 is 0 Å². The van der Waals surface area contributed by atoms with Crippen molar-refractivity contribution in [3.63, 3.8) is 0 Å². The molecule has 0 bridgehead atoms. The minimum Gasteiger partial charge on any atom is -0.349 e. The van der Waals surface area contributed by atoms with Gasteiger partial charge in [0.2, 0.25) is 5.91 Å². The Hall–Kier alpha value is -1.73. The van der Waals surface area contributed by atoms with Crippen LogP contribution in [0.1, 0.15) is 94.0 Å². The highest BCUT2D eigenvalue weighted by Gasteiger charge is 2.28. The Morgan fingerprint density at radius 3 is 2.58 bits per heavy atom. The van der Waals surface area contributed by atoms with Crippen molar-refractivity contribution >= 4 is 17.2 Å². The van der Waals surface area contributed by atoms with Crippen LogP contribution in [0, 0.1) is 12.8 Å². The molecular weight excluding hydrogens is 406 g/mol. The third kappa shape index (κ3) is 5.37. The van der Waals surface area contributed by atoms with E-state index in [0.29, 0.717) is 12.0 Å². The molecule has 1 atom stereocenters. The molecular formula is C24H37N5OS. The van der Waals surface area contributed by atoms with Crippen LogP contribution >= 0.6 is 11.3 Å². The summed E-state index contributed by atoms with van der Waals surface area (Å²) in [6, 6.07) is 2.79. The highest BCUT2D eigenvalue weighted by molar-refractivity contribution is 7.08. The summed E-state index contributed by atoms with van der Waals surface area (Å²) in [5.41, 5.74) is 1.26. The zero-order chi connectivity index (χ0) is 21.8. The number of thiophene rings is 1. The molecule has 0 unspecified atom stereocenters. The van der Waals surface area contributed by atoms with Crippen LogP contribution in [0.5, 0.6) is 0 Å². The zero-order valence-corrected chi connectivity index (χ0v) is 20.0. The van der Waals surface area contributed by atoms with Crippen LogP contribution in [0.15, 0.2) is 16.8 Å². The van der Waals surface area contributed by atoms with Crippen molar-refractivity contribution in [1.82, 2.24) is 25.0 Å². The van der Waals surface area contributed by atoms with Crippen LogP contribution < -0.4 is 5.32 Å². The predicted octanol–water partition coefficient (Wildman–Crippen LogP) is 4.85. The normalized spacial score (nSPS) is 19.9. The summed E-state index contributed by atoms with van der Waals surface area (Å²) in [5.74, 6) is 3.03. The van der Waals surface area contributed by atoms with Crippen LogP contribution in [-0.2, 0) is 4.79 Å². The van der Waals surface area contributed by atoms with Crippen molar-refractivity contribution in [2.45, 2.75) is 83.7 Å². The minimum atomic E-state index is 0.129. The van der Waals surface area contributed by atoms with Gasteiger partial charge < -0.3 is 14.8 Å². The first-order valence-corrected chi connectivity index (χ1v) is 12.9. The second-order valence-corrected chi connectivity index (χ2v) is 10.4. The van der Waals surface area contributed by atoms with Crippen molar-refractivity contribution in [2.75, 3.05) is 19.6 Å². The Labute approximate surface area is 190 Å². The number of likely N-dealkylation sites (tertiary alicyclic amines) is 1. The number of aryl methyl sites for hydroxylation is 1. The van der Waals surface area contributed by atoms with Crippen molar-refractivity contribution in [3.8, 4) is 0 Å². The Morgan fingerprint density at radius 1 is 1.19 bits per heavy atom.